The molecule has 1 N–H and O–H groups in total. The van der Waals surface area contributed by atoms with Crippen LogP contribution in [0.5, 0.6) is 0 Å². The third-order valence-electron chi connectivity index (χ3n) is 4.32. The molecule has 2 heterocycles. The highest BCUT2D eigenvalue weighted by Gasteiger charge is 2.19. The Labute approximate surface area is 164 Å². The fraction of sp³-hybridized carbons (Fsp3) is 0.316. The van der Waals surface area contributed by atoms with E-state index in [1.54, 1.807) is 29.1 Å². The van der Waals surface area contributed by atoms with Crippen molar-refractivity contribution in [2.45, 2.75) is 31.7 Å². The Hall–Kier alpha value is -2.78. The molecule has 0 bridgehead atoms. The van der Waals surface area contributed by atoms with Crippen LogP contribution in [0, 0.1) is 6.92 Å². The van der Waals surface area contributed by atoms with Gasteiger partial charge in [0, 0.05) is 31.5 Å². The third-order valence-corrected chi connectivity index (χ3v) is 6.15. The van der Waals surface area contributed by atoms with E-state index in [4.69, 9.17) is 0 Å². The third kappa shape index (κ3) is 3.63. The number of aryl methyl sites for hydroxylation is 1. The van der Waals surface area contributed by atoms with E-state index < -0.39 is 10.0 Å². The number of pyridine rings is 1. The Morgan fingerprint density at radius 2 is 1.82 bits per heavy atom. The quantitative estimate of drug-likeness (QED) is 0.709. The molecule has 3 rings (SSSR count). The molecule has 0 spiro atoms. The molecule has 0 aliphatic carbocycles. The SMILES string of the molecule is Cc1cc(C(=O)Nc2ccc(S(=O)(=O)N(C)C)cc2)c2cnn(C(C)C)c2n1. The molecule has 28 heavy (non-hydrogen) atoms. The number of hydrogen-bond donors (Lipinski definition) is 1. The molecule has 1 aromatic carbocycles. The molecule has 0 fully saturated rings. The minimum atomic E-state index is -3.51. The molecule has 0 aliphatic rings. The van der Waals surface area contributed by atoms with Crippen LogP contribution in [0.15, 0.2) is 41.4 Å². The molecule has 0 saturated carbocycles. The second kappa shape index (κ2) is 7.33. The second-order valence-electron chi connectivity index (χ2n) is 7.00. The van der Waals surface area contributed by atoms with Crippen LogP contribution in [0.4, 0.5) is 5.69 Å². The lowest BCUT2D eigenvalue weighted by Crippen LogP contribution is -2.22. The molecular weight excluding hydrogens is 378 g/mol. The summed E-state index contributed by atoms with van der Waals surface area (Å²) in [5, 5.41) is 7.83. The molecule has 1 amide bonds. The van der Waals surface area contributed by atoms with Crippen molar-refractivity contribution in [1.29, 1.82) is 0 Å². The number of fused-ring (bicyclic) bond motifs is 1. The topological polar surface area (TPSA) is 97.2 Å². The highest BCUT2D eigenvalue weighted by atomic mass is 32.2. The predicted molar refractivity (Wildman–Crippen MR) is 108 cm³/mol. The maximum absolute atomic E-state index is 12.8. The van der Waals surface area contributed by atoms with Crippen molar-refractivity contribution < 1.29 is 13.2 Å². The fourth-order valence-corrected chi connectivity index (χ4v) is 3.73. The van der Waals surface area contributed by atoms with E-state index in [2.05, 4.69) is 15.4 Å². The molecule has 0 radical (unpaired) electrons. The molecule has 8 nitrogen and oxygen atoms in total. The first-order valence-electron chi connectivity index (χ1n) is 8.80. The molecule has 0 unspecified atom stereocenters. The number of carbonyl (C=O) groups is 1. The summed E-state index contributed by atoms with van der Waals surface area (Å²) in [5.74, 6) is -0.304. The van der Waals surface area contributed by atoms with Gasteiger partial charge in [-0.25, -0.2) is 22.4 Å². The van der Waals surface area contributed by atoms with Crippen LogP contribution in [0.1, 0.15) is 35.9 Å². The number of sulfonamides is 1. The van der Waals surface area contributed by atoms with Crippen molar-refractivity contribution >= 4 is 32.7 Å². The van der Waals surface area contributed by atoms with E-state index in [1.165, 1.54) is 26.2 Å². The van der Waals surface area contributed by atoms with Crippen LogP contribution in [0.25, 0.3) is 11.0 Å². The average Bonchev–Trinajstić information content (AvgIpc) is 3.05. The first kappa shape index (κ1) is 20.0. The van der Waals surface area contributed by atoms with Crippen LogP contribution in [0.3, 0.4) is 0 Å². The van der Waals surface area contributed by atoms with Crippen molar-refractivity contribution in [2.75, 3.05) is 19.4 Å². The zero-order valence-corrected chi connectivity index (χ0v) is 17.3. The lowest BCUT2D eigenvalue weighted by molar-refractivity contribution is 0.102. The van der Waals surface area contributed by atoms with E-state index in [0.717, 1.165) is 4.31 Å². The molecular formula is C19H23N5O3S. The highest BCUT2D eigenvalue weighted by Crippen LogP contribution is 2.23. The van der Waals surface area contributed by atoms with E-state index in [0.29, 0.717) is 28.0 Å². The smallest absolute Gasteiger partial charge is 0.256 e. The van der Waals surface area contributed by atoms with Crippen molar-refractivity contribution in [1.82, 2.24) is 19.1 Å². The summed E-state index contributed by atoms with van der Waals surface area (Å²) in [6.07, 6.45) is 1.64. The minimum absolute atomic E-state index is 0.119. The normalized spacial score (nSPS) is 12.1. The van der Waals surface area contributed by atoms with Crippen molar-refractivity contribution in [3.05, 3.63) is 47.8 Å². The van der Waals surface area contributed by atoms with E-state index in [-0.39, 0.29) is 16.8 Å². The monoisotopic (exact) mass is 401 g/mol. The minimum Gasteiger partial charge on any atom is -0.322 e. The summed E-state index contributed by atoms with van der Waals surface area (Å²) in [5.41, 5.74) is 2.35. The Morgan fingerprint density at radius 1 is 1.18 bits per heavy atom. The maximum Gasteiger partial charge on any atom is 0.256 e. The van der Waals surface area contributed by atoms with Crippen molar-refractivity contribution in [3.8, 4) is 0 Å². The van der Waals surface area contributed by atoms with Gasteiger partial charge in [-0.15, -0.1) is 0 Å². The van der Waals surface area contributed by atoms with Gasteiger partial charge >= 0.3 is 0 Å². The maximum atomic E-state index is 12.8. The first-order chi connectivity index (χ1) is 13.1. The lowest BCUT2D eigenvalue weighted by Gasteiger charge is -2.12. The van der Waals surface area contributed by atoms with Gasteiger partial charge in [-0.3, -0.25) is 4.79 Å². The zero-order chi connectivity index (χ0) is 20.6. The lowest BCUT2D eigenvalue weighted by atomic mass is 10.1. The van der Waals surface area contributed by atoms with Gasteiger partial charge in [0.05, 0.1) is 22.0 Å². The van der Waals surface area contributed by atoms with E-state index in [9.17, 15) is 13.2 Å². The number of nitrogens with one attached hydrogen (secondary N) is 1. The summed E-state index contributed by atoms with van der Waals surface area (Å²) in [4.78, 5) is 17.5. The molecule has 9 heteroatoms. The van der Waals surface area contributed by atoms with Gasteiger partial charge in [0.15, 0.2) is 5.65 Å². The largest absolute Gasteiger partial charge is 0.322 e. The van der Waals surface area contributed by atoms with Crippen LogP contribution in [-0.4, -0.2) is 47.5 Å². The Morgan fingerprint density at radius 3 is 2.39 bits per heavy atom. The molecule has 148 valence electrons. The van der Waals surface area contributed by atoms with Gasteiger partial charge < -0.3 is 5.32 Å². The number of benzene rings is 1. The van der Waals surface area contributed by atoms with Crippen LogP contribution in [0.2, 0.25) is 0 Å². The predicted octanol–water partition coefficient (Wildman–Crippen LogP) is 2.82. The molecule has 0 saturated heterocycles. The van der Waals surface area contributed by atoms with Crippen LogP contribution < -0.4 is 5.32 Å². The van der Waals surface area contributed by atoms with Gasteiger partial charge in [-0.05, 0) is 51.1 Å². The summed E-state index contributed by atoms with van der Waals surface area (Å²) >= 11 is 0. The molecule has 0 aliphatic heterocycles. The van der Waals surface area contributed by atoms with Gasteiger partial charge in [0.2, 0.25) is 10.0 Å². The van der Waals surface area contributed by atoms with Gasteiger partial charge in [0.1, 0.15) is 0 Å². The van der Waals surface area contributed by atoms with Gasteiger partial charge in [0.25, 0.3) is 5.91 Å². The van der Waals surface area contributed by atoms with Gasteiger partial charge in [-0.1, -0.05) is 0 Å². The van der Waals surface area contributed by atoms with Gasteiger partial charge in [-0.2, -0.15) is 5.10 Å². The van der Waals surface area contributed by atoms with Crippen LogP contribution in [-0.2, 0) is 10.0 Å². The molecule has 3 aromatic rings. The van der Waals surface area contributed by atoms with Crippen molar-refractivity contribution in [3.63, 3.8) is 0 Å². The average molecular weight is 401 g/mol. The Kier molecular flexibility index (Phi) is 5.22. The Balaban J connectivity index is 1.92. The number of aromatic nitrogens is 3. The van der Waals surface area contributed by atoms with Crippen molar-refractivity contribution in [2.24, 2.45) is 0 Å². The summed E-state index contributed by atoms with van der Waals surface area (Å²) < 4.78 is 27.2. The first-order valence-corrected chi connectivity index (χ1v) is 10.2. The zero-order valence-electron chi connectivity index (χ0n) is 16.5. The van der Waals surface area contributed by atoms with Crippen LogP contribution >= 0.6 is 0 Å². The standard InChI is InChI=1S/C19H23N5O3S/c1-12(2)24-18-17(11-20-24)16(10-13(3)21-18)19(25)22-14-6-8-15(9-7-14)28(26,27)23(4)5/h6-12H,1-5H3,(H,22,25). The number of nitrogens with zero attached hydrogens (tertiary/aromatic N) is 4. The number of rotatable bonds is 5. The number of anilines is 1. The Bertz CT molecular complexity index is 1130. The number of amides is 1. The second-order valence-corrected chi connectivity index (χ2v) is 9.15. The summed E-state index contributed by atoms with van der Waals surface area (Å²) in [6, 6.07) is 7.90. The van der Waals surface area contributed by atoms with E-state index in [1.807, 2.05) is 20.8 Å². The number of hydrogen-bond acceptors (Lipinski definition) is 5. The summed E-state index contributed by atoms with van der Waals surface area (Å²) in [6.45, 7) is 5.83. The molecule has 0 atom stereocenters. The molecule has 2 aromatic heterocycles. The summed E-state index contributed by atoms with van der Waals surface area (Å²) in [7, 11) is -0.570. The fourth-order valence-electron chi connectivity index (χ4n) is 2.83. The highest BCUT2D eigenvalue weighted by molar-refractivity contribution is 7.89. The number of carbonyl (C=O) groups excluding carboxylic acids is 1. The van der Waals surface area contributed by atoms with E-state index >= 15 is 0 Å².